The van der Waals surface area contributed by atoms with Crippen molar-refractivity contribution in [1.82, 2.24) is 21.3 Å². The molecule has 97 heavy (non-hydrogen) atoms. The summed E-state index contributed by atoms with van der Waals surface area (Å²) in [5.74, 6) is -0.142. The number of sulfone groups is 1. The van der Waals surface area contributed by atoms with Gasteiger partial charge >= 0.3 is 6.03 Å². The molecule has 0 radical (unpaired) electrons. The van der Waals surface area contributed by atoms with Gasteiger partial charge in [-0.25, -0.2) is 13.2 Å². The molecule has 4 aliphatic rings. The smallest absolute Gasteiger partial charge is 0.315 e. The molecular weight excluding hydrogens is 1260 g/mol. The van der Waals surface area contributed by atoms with Crippen LogP contribution in [0.1, 0.15) is 110 Å². The van der Waals surface area contributed by atoms with Crippen LogP contribution in [0.5, 0.6) is 0 Å². The summed E-state index contributed by atoms with van der Waals surface area (Å²) in [5.41, 5.74) is 5.62. The molecule has 6 aromatic rings. The number of aliphatic hydroxyl groups is 1. The molecule has 4 fully saturated rings. The normalized spacial score (nSPS) is 25.0. The van der Waals surface area contributed by atoms with Crippen LogP contribution in [-0.2, 0) is 106 Å². The van der Waals surface area contributed by atoms with Crippen LogP contribution in [0.3, 0.4) is 0 Å². The Kier molecular flexibility index (Phi) is 29.3. The van der Waals surface area contributed by atoms with Crippen molar-refractivity contribution in [2.45, 2.75) is 195 Å². The van der Waals surface area contributed by atoms with Crippen LogP contribution in [-0.4, -0.2) is 149 Å². The maximum Gasteiger partial charge on any atom is 0.315 e. The van der Waals surface area contributed by atoms with Gasteiger partial charge in [-0.3, -0.25) is 9.59 Å². The van der Waals surface area contributed by atoms with E-state index < -0.39 is 82.5 Å². The van der Waals surface area contributed by atoms with E-state index in [-0.39, 0.29) is 82.5 Å². The first-order valence-electron chi connectivity index (χ1n) is 34.5. The van der Waals surface area contributed by atoms with Gasteiger partial charge in [0.1, 0.15) is 48.8 Å². The van der Waals surface area contributed by atoms with Crippen LogP contribution in [0.25, 0.3) is 0 Å². The summed E-state index contributed by atoms with van der Waals surface area (Å²) in [6.07, 6.45) is -2.63. The minimum Gasteiger partial charge on any atom is -0.385 e. The molecule has 0 aliphatic carbocycles. The van der Waals surface area contributed by atoms with Crippen molar-refractivity contribution in [2.24, 2.45) is 0 Å². The fourth-order valence-corrected chi connectivity index (χ4v) is 15.1. The lowest BCUT2D eigenvalue weighted by Gasteiger charge is -2.49. The maximum atomic E-state index is 13.1. The lowest BCUT2D eigenvalue weighted by atomic mass is 9.96. The van der Waals surface area contributed by atoms with Crippen molar-refractivity contribution >= 4 is 27.7 Å². The second-order valence-corrected chi connectivity index (χ2v) is 27.6. The second kappa shape index (κ2) is 39.0. The molecule has 4 aliphatic heterocycles. The predicted molar refractivity (Wildman–Crippen MR) is 365 cm³/mol. The molecule has 0 spiro atoms. The summed E-state index contributed by atoms with van der Waals surface area (Å²) in [6.45, 7) is 2.80. The molecular formula is C76H96N4O16S. The van der Waals surface area contributed by atoms with Crippen molar-refractivity contribution < 1.29 is 75.3 Å². The van der Waals surface area contributed by atoms with Gasteiger partial charge in [0, 0.05) is 32.5 Å². The number of aliphatic hydroxyl groups excluding tert-OH is 1. The molecule has 0 unspecified atom stereocenters. The number of fused-ring (bicyclic) bond motifs is 1. The molecule has 5 N–H and O–H groups in total. The molecule has 13 atom stereocenters. The fourth-order valence-electron chi connectivity index (χ4n) is 12.8. The van der Waals surface area contributed by atoms with Gasteiger partial charge in [0.25, 0.3) is 0 Å². The Morgan fingerprint density at radius 2 is 0.856 bits per heavy atom. The molecule has 4 amide bonds. The molecule has 4 saturated heterocycles. The zero-order chi connectivity index (χ0) is 67.3. The highest BCUT2D eigenvalue weighted by molar-refractivity contribution is 7.92. The van der Waals surface area contributed by atoms with Crippen molar-refractivity contribution in [2.75, 3.05) is 38.7 Å². The van der Waals surface area contributed by atoms with E-state index in [0.717, 1.165) is 59.1 Å². The fraction of sp³-hybridized carbons (Fsp3) is 0.487. The SMILES string of the molecule is O=C(CCCCCO[C@H]1O[C@H](COCc2ccccc2)[C@@H](OCc2ccccc2)[C@H](OCc2ccccc2)[C@@H]1O[C@H]1O[C@H](COCc2ccccc2)[C@@H](OCc2ccccc2)[C@H](OCc2ccccc2)[C@@H]1O)NCCCCCCNC(=O)CCCC[C@H]1[C@H]2NC(=O)N[C@H]2CS1(=O)=O. The molecule has 0 bridgehead atoms. The summed E-state index contributed by atoms with van der Waals surface area (Å²) in [5, 5.41) is 23.7. The number of hydrogen-bond acceptors (Lipinski definition) is 16. The van der Waals surface area contributed by atoms with Gasteiger partial charge in [0.15, 0.2) is 22.4 Å². The van der Waals surface area contributed by atoms with Crippen LogP contribution in [0, 0.1) is 0 Å². The van der Waals surface area contributed by atoms with Crippen molar-refractivity contribution in [3.63, 3.8) is 0 Å². The average Bonchev–Trinajstić information content (AvgIpc) is 1.75. The summed E-state index contributed by atoms with van der Waals surface area (Å²) >= 11 is 0. The van der Waals surface area contributed by atoms with E-state index in [2.05, 4.69) is 21.3 Å². The molecule has 0 aromatic heterocycles. The molecule has 0 saturated carbocycles. The maximum absolute atomic E-state index is 13.1. The third kappa shape index (κ3) is 23.1. The zero-order valence-electron chi connectivity index (χ0n) is 55.3. The lowest BCUT2D eigenvalue weighted by Crippen LogP contribution is -2.66. The standard InChI is InChI=1S/C76H96N4O16S/c81-65(77-43-25-1-2-26-44-78-66(82)42-24-23-40-64-67-61(54-97(64,85)86)79-76(84)80-67)41-22-9-27-45-89-75-73(72(93-51-60-38-20-8-21-39-60)70(91-49-58-34-16-6-17-35-58)63(95-75)53-88-47-56-30-12-4-13-31-56)96-74-68(83)71(92-50-59-36-18-7-19-37-59)69(90-48-57-32-14-5-15-33-57)62(94-74)52-87-46-55-28-10-3-11-29-55/h3-8,10-21,28-39,61-64,67-75,83H,1-2,9,22-27,40-54H2,(H,77,81)(H,78,82)(H2,79,80,84)/t61-,62+,63+,64-,67-,68-,69+,70+,71+,72-,73-,74+,75-/m0/s1. The molecule has 21 heteroatoms. The Labute approximate surface area is 571 Å². The number of carbonyl (C=O) groups excluding carboxylic acids is 3. The van der Waals surface area contributed by atoms with Crippen molar-refractivity contribution in [3.8, 4) is 0 Å². The topological polar surface area (TPSA) is 246 Å². The number of ether oxygens (including phenoxy) is 10. The van der Waals surface area contributed by atoms with Crippen LogP contribution >= 0.6 is 0 Å². The molecule has 522 valence electrons. The number of hydrogen-bond donors (Lipinski definition) is 5. The third-order valence-corrected chi connectivity index (χ3v) is 20.2. The van der Waals surface area contributed by atoms with Gasteiger partial charge in [-0.2, -0.15) is 0 Å². The van der Waals surface area contributed by atoms with E-state index >= 15 is 0 Å². The van der Waals surface area contributed by atoms with Gasteiger partial charge in [-0.1, -0.05) is 208 Å². The van der Waals surface area contributed by atoms with E-state index in [0.29, 0.717) is 71.1 Å². The van der Waals surface area contributed by atoms with Crippen molar-refractivity contribution in [3.05, 3.63) is 215 Å². The minimum absolute atomic E-state index is 0.0286. The van der Waals surface area contributed by atoms with Crippen LogP contribution in [0.2, 0.25) is 0 Å². The first-order valence-corrected chi connectivity index (χ1v) is 36.2. The van der Waals surface area contributed by atoms with Gasteiger partial charge < -0.3 is 73.7 Å². The van der Waals surface area contributed by atoms with E-state index in [1.807, 2.05) is 182 Å². The van der Waals surface area contributed by atoms with Gasteiger partial charge in [0.05, 0.1) is 75.9 Å². The van der Waals surface area contributed by atoms with Gasteiger partial charge in [0.2, 0.25) is 11.8 Å². The Balaban J connectivity index is 0.788. The number of amides is 4. The quantitative estimate of drug-likeness (QED) is 0.0177. The second-order valence-electron chi connectivity index (χ2n) is 25.4. The minimum atomic E-state index is -3.30. The van der Waals surface area contributed by atoms with Crippen molar-refractivity contribution in [1.29, 1.82) is 0 Å². The Morgan fingerprint density at radius 1 is 0.454 bits per heavy atom. The summed E-state index contributed by atoms with van der Waals surface area (Å²) in [7, 11) is -3.30. The zero-order valence-corrected chi connectivity index (χ0v) is 56.1. The summed E-state index contributed by atoms with van der Waals surface area (Å²) in [4.78, 5) is 37.3. The van der Waals surface area contributed by atoms with Gasteiger partial charge in [-0.15, -0.1) is 0 Å². The van der Waals surface area contributed by atoms with Crippen LogP contribution in [0.4, 0.5) is 4.79 Å². The van der Waals surface area contributed by atoms with E-state index in [1.54, 1.807) is 0 Å². The highest BCUT2D eigenvalue weighted by Crippen LogP contribution is 2.36. The van der Waals surface area contributed by atoms with E-state index in [1.165, 1.54) is 0 Å². The number of rotatable bonds is 41. The lowest BCUT2D eigenvalue weighted by molar-refractivity contribution is -0.379. The first kappa shape index (κ1) is 72.8. The number of urea groups is 1. The summed E-state index contributed by atoms with van der Waals surface area (Å²) in [6, 6.07) is 58.0. The molecule has 4 heterocycles. The van der Waals surface area contributed by atoms with Crippen LogP contribution < -0.4 is 21.3 Å². The monoisotopic (exact) mass is 1350 g/mol. The number of unbranched alkanes of at least 4 members (excludes halogenated alkanes) is 6. The van der Waals surface area contributed by atoms with E-state index in [4.69, 9.17) is 47.4 Å². The van der Waals surface area contributed by atoms with Crippen LogP contribution in [0.15, 0.2) is 182 Å². The Morgan fingerprint density at radius 3 is 1.33 bits per heavy atom. The Bertz CT molecular complexity index is 3350. The molecule has 10 rings (SSSR count). The molecule has 6 aromatic carbocycles. The largest absolute Gasteiger partial charge is 0.385 e. The summed E-state index contributed by atoms with van der Waals surface area (Å²) < 4.78 is 93.9. The number of benzene rings is 6. The first-order chi connectivity index (χ1) is 47.5. The Hall–Kier alpha value is -6.96. The average molecular weight is 1350 g/mol. The number of nitrogens with one attached hydrogen (secondary N) is 4. The number of carbonyl (C=O) groups is 3. The van der Waals surface area contributed by atoms with Gasteiger partial charge in [-0.05, 0) is 71.9 Å². The highest BCUT2D eigenvalue weighted by atomic mass is 32.2. The molecule has 20 nitrogen and oxygen atoms in total. The predicted octanol–water partition coefficient (Wildman–Crippen LogP) is 9.73. The third-order valence-electron chi connectivity index (χ3n) is 18.0. The highest BCUT2D eigenvalue weighted by Gasteiger charge is 2.55. The van der Waals surface area contributed by atoms with E-state index in [9.17, 15) is 27.9 Å².